The van der Waals surface area contributed by atoms with Gasteiger partial charge < -0.3 is 15.2 Å². The van der Waals surface area contributed by atoms with Crippen LogP contribution in [0.5, 0.6) is 0 Å². The van der Waals surface area contributed by atoms with Crippen molar-refractivity contribution >= 4 is 33.7 Å². The number of carboxylic acid groups (broad SMARTS) is 1. The van der Waals surface area contributed by atoms with Crippen LogP contribution in [0, 0.1) is 6.92 Å². The lowest BCUT2D eigenvalue weighted by atomic mass is 10.1. The van der Waals surface area contributed by atoms with Gasteiger partial charge in [-0.05, 0) is 55.3 Å². The zero-order valence-electron chi connectivity index (χ0n) is 22.7. The number of ether oxygens (including phenoxy) is 1. The highest BCUT2D eigenvalue weighted by atomic mass is 32.2. The van der Waals surface area contributed by atoms with Crippen LogP contribution in [0.15, 0.2) is 90.1 Å². The number of aryl methyl sites for hydroxylation is 1. The molecule has 0 spiro atoms. The van der Waals surface area contributed by atoms with Crippen molar-refractivity contribution in [2.24, 2.45) is 0 Å². The lowest BCUT2D eigenvalue weighted by molar-refractivity contribution is -0.122. The Hall–Kier alpha value is -4.32. The van der Waals surface area contributed by atoms with Crippen LogP contribution in [0.1, 0.15) is 11.1 Å². The summed E-state index contributed by atoms with van der Waals surface area (Å²) in [6, 6.07) is 24.2. The number of sulfonamides is 1. The molecule has 4 aromatic rings. The van der Waals surface area contributed by atoms with Gasteiger partial charge in [0.1, 0.15) is 12.1 Å². The Bertz CT molecular complexity index is 1510. The average molecular weight is 576 g/mol. The molecule has 0 unspecified atom stereocenters. The van der Waals surface area contributed by atoms with Crippen LogP contribution in [0.4, 0.5) is 17.2 Å². The van der Waals surface area contributed by atoms with Gasteiger partial charge in [0.2, 0.25) is 0 Å². The lowest BCUT2D eigenvalue weighted by Crippen LogP contribution is -2.37. The fourth-order valence-corrected chi connectivity index (χ4v) is 5.30. The molecule has 0 bridgehead atoms. The van der Waals surface area contributed by atoms with E-state index in [1.54, 1.807) is 48.5 Å². The first kappa shape index (κ1) is 29.7. The number of aromatic nitrogens is 2. The lowest BCUT2D eigenvalue weighted by Gasteiger charge is -2.26. The van der Waals surface area contributed by atoms with Crippen molar-refractivity contribution in [2.45, 2.75) is 18.2 Å². The summed E-state index contributed by atoms with van der Waals surface area (Å²) in [5, 5.41) is 10.2. The number of benzene rings is 3. The molecule has 5 rings (SSSR count). The van der Waals surface area contributed by atoms with Crippen molar-refractivity contribution in [1.82, 2.24) is 14.9 Å². The predicted molar refractivity (Wildman–Crippen MR) is 159 cm³/mol. The van der Waals surface area contributed by atoms with E-state index in [1.807, 2.05) is 13.0 Å². The minimum atomic E-state index is -3.65. The minimum absolute atomic E-state index is 0.226. The van der Waals surface area contributed by atoms with Gasteiger partial charge in [0, 0.05) is 42.6 Å². The van der Waals surface area contributed by atoms with Crippen molar-refractivity contribution in [2.75, 3.05) is 42.9 Å². The minimum Gasteiger partial charge on any atom is -0.483 e. The molecule has 1 aliphatic heterocycles. The molecule has 0 aliphatic carbocycles. The highest BCUT2D eigenvalue weighted by molar-refractivity contribution is 7.92. The summed E-state index contributed by atoms with van der Waals surface area (Å²) < 4.78 is 33.3. The average Bonchev–Trinajstić information content (AvgIpc) is 2.99. The first-order chi connectivity index (χ1) is 19.9. The maximum atomic E-state index is 12.6. The normalized spacial score (nSPS) is 13.5. The Morgan fingerprint density at radius 1 is 0.927 bits per heavy atom. The Labute approximate surface area is 240 Å². The third-order valence-corrected chi connectivity index (χ3v) is 7.88. The van der Waals surface area contributed by atoms with Gasteiger partial charge in [0.15, 0.2) is 0 Å². The molecule has 10 nitrogen and oxygen atoms in total. The van der Waals surface area contributed by atoms with Crippen LogP contribution in [-0.4, -0.2) is 67.7 Å². The molecule has 0 amide bonds. The highest BCUT2D eigenvalue weighted by Gasteiger charge is 2.14. The zero-order valence-corrected chi connectivity index (χ0v) is 23.5. The molecular weight excluding hydrogens is 542 g/mol. The van der Waals surface area contributed by atoms with Gasteiger partial charge in [0.25, 0.3) is 16.5 Å². The van der Waals surface area contributed by atoms with Crippen molar-refractivity contribution in [1.29, 1.82) is 0 Å². The van der Waals surface area contributed by atoms with Crippen molar-refractivity contribution in [3.05, 3.63) is 96.3 Å². The number of rotatable bonds is 9. The number of hydrogen-bond donors (Lipinski definition) is 3. The molecule has 1 aliphatic rings. The van der Waals surface area contributed by atoms with E-state index in [0.29, 0.717) is 11.5 Å². The SMILES string of the molecule is Cc1ccc(S(=O)(=O)Nc2ccc(Nc3cc(-c4ccc(CCN5CCOCC5)cc4)ncn3)cc2)cc1.O=CO. The van der Waals surface area contributed by atoms with Crippen LogP contribution < -0.4 is 10.0 Å². The van der Waals surface area contributed by atoms with E-state index in [2.05, 4.69) is 49.2 Å². The molecule has 0 radical (unpaired) electrons. The summed E-state index contributed by atoms with van der Waals surface area (Å²) in [7, 11) is -3.65. The monoisotopic (exact) mass is 575 g/mol. The first-order valence-corrected chi connectivity index (χ1v) is 14.6. The topological polar surface area (TPSA) is 134 Å². The Morgan fingerprint density at radius 2 is 1.56 bits per heavy atom. The predicted octanol–water partition coefficient (Wildman–Crippen LogP) is 4.57. The van der Waals surface area contributed by atoms with E-state index >= 15 is 0 Å². The Morgan fingerprint density at radius 3 is 2.22 bits per heavy atom. The number of nitrogens with one attached hydrogen (secondary N) is 2. The smallest absolute Gasteiger partial charge is 0.290 e. The third-order valence-electron chi connectivity index (χ3n) is 6.48. The van der Waals surface area contributed by atoms with E-state index in [0.717, 1.165) is 61.8 Å². The molecule has 0 atom stereocenters. The quantitative estimate of drug-likeness (QED) is 0.245. The van der Waals surface area contributed by atoms with Crippen LogP contribution >= 0.6 is 0 Å². The molecule has 11 heteroatoms. The van der Waals surface area contributed by atoms with Gasteiger partial charge in [-0.3, -0.25) is 14.4 Å². The number of nitrogens with zero attached hydrogens (tertiary/aromatic N) is 3. The van der Waals surface area contributed by atoms with Crippen molar-refractivity contribution < 1.29 is 23.1 Å². The summed E-state index contributed by atoms with van der Waals surface area (Å²) >= 11 is 0. The van der Waals surface area contributed by atoms with Gasteiger partial charge in [-0.2, -0.15) is 0 Å². The fraction of sp³-hybridized carbons (Fsp3) is 0.233. The van der Waals surface area contributed by atoms with E-state index in [9.17, 15) is 8.42 Å². The number of carbonyl (C=O) groups is 1. The van der Waals surface area contributed by atoms with Gasteiger partial charge in [-0.15, -0.1) is 0 Å². The van der Waals surface area contributed by atoms with Crippen LogP contribution in [0.2, 0.25) is 0 Å². The summed E-state index contributed by atoms with van der Waals surface area (Å²) in [5.41, 5.74) is 5.41. The van der Waals surface area contributed by atoms with Crippen LogP contribution in [0.3, 0.4) is 0 Å². The van der Waals surface area contributed by atoms with Crippen molar-refractivity contribution in [3.63, 3.8) is 0 Å². The zero-order chi connectivity index (χ0) is 29.1. The maximum Gasteiger partial charge on any atom is 0.290 e. The first-order valence-electron chi connectivity index (χ1n) is 13.1. The number of anilines is 3. The summed E-state index contributed by atoms with van der Waals surface area (Å²) in [4.78, 5) is 19.8. The molecule has 3 N–H and O–H groups in total. The van der Waals surface area contributed by atoms with E-state index < -0.39 is 10.0 Å². The summed E-state index contributed by atoms with van der Waals surface area (Å²) in [6.07, 6.45) is 2.54. The second kappa shape index (κ2) is 14.4. The molecule has 2 heterocycles. The van der Waals surface area contributed by atoms with E-state index in [1.165, 1.54) is 11.9 Å². The molecule has 0 saturated carbocycles. The highest BCUT2D eigenvalue weighted by Crippen LogP contribution is 2.24. The molecule has 1 saturated heterocycles. The Balaban J connectivity index is 0.00000124. The largest absolute Gasteiger partial charge is 0.483 e. The standard InChI is InChI=1S/C29H31N5O3S.CH2O2/c1-22-2-12-27(13-3-22)38(35,36)33-26-10-8-25(9-11-26)32-29-20-28(30-21-31-29)24-6-4-23(5-7-24)14-15-34-16-18-37-19-17-34;2-1-3/h2-13,20-21,33H,14-19H2,1H3,(H,30,31,32);1H,(H,2,3). The van der Waals surface area contributed by atoms with E-state index in [4.69, 9.17) is 14.6 Å². The van der Waals surface area contributed by atoms with E-state index in [-0.39, 0.29) is 11.4 Å². The van der Waals surface area contributed by atoms with Gasteiger partial charge in [0.05, 0.1) is 23.8 Å². The van der Waals surface area contributed by atoms with Gasteiger partial charge >= 0.3 is 0 Å². The molecule has 3 aromatic carbocycles. The second-order valence-corrected chi connectivity index (χ2v) is 11.1. The maximum absolute atomic E-state index is 12.6. The van der Waals surface area contributed by atoms with Crippen molar-refractivity contribution in [3.8, 4) is 11.3 Å². The molecular formula is C30H33N5O5S. The summed E-state index contributed by atoms with van der Waals surface area (Å²) in [6.45, 7) is 6.35. The molecule has 1 fully saturated rings. The second-order valence-electron chi connectivity index (χ2n) is 9.42. The number of hydrogen-bond acceptors (Lipinski definition) is 8. The van der Waals surface area contributed by atoms with Gasteiger partial charge in [-0.1, -0.05) is 42.0 Å². The fourth-order valence-electron chi connectivity index (χ4n) is 4.24. The number of morpholine rings is 1. The van der Waals surface area contributed by atoms with Crippen LogP contribution in [-0.2, 0) is 26.0 Å². The Kier molecular flexibility index (Phi) is 10.4. The molecule has 1 aromatic heterocycles. The van der Waals surface area contributed by atoms with Gasteiger partial charge in [-0.25, -0.2) is 18.4 Å². The third kappa shape index (κ3) is 8.84. The molecule has 41 heavy (non-hydrogen) atoms. The molecule has 214 valence electrons. The van der Waals surface area contributed by atoms with Crippen LogP contribution in [0.25, 0.3) is 11.3 Å². The summed E-state index contributed by atoms with van der Waals surface area (Å²) in [5.74, 6) is 0.652.